The first kappa shape index (κ1) is 13.2. The Balaban J connectivity index is 2.50. The summed E-state index contributed by atoms with van der Waals surface area (Å²) in [6, 6.07) is 5.15. The maximum Gasteiger partial charge on any atom is 0.290 e. The van der Waals surface area contributed by atoms with Gasteiger partial charge in [0.2, 0.25) is 0 Å². The third-order valence-electron chi connectivity index (χ3n) is 3.02. The fraction of sp³-hybridized carbons (Fsp3) is 0.385. The summed E-state index contributed by atoms with van der Waals surface area (Å²) in [6.45, 7) is 5.73. The minimum atomic E-state index is -0.423. The monoisotopic (exact) mass is 260 g/mol. The fourth-order valence-electron chi connectivity index (χ4n) is 1.95. The molecule has 0 amide bonds. The summed E-state index contributed by atoms with van der Waals surface area (Å²) in [5, 5.41) is 15.3. The Kier molecular flexibility index (Phi) is 3.59. The maximum absolute atomic E-state index is 10.8. The van der Waals surface area contributed by atoms with Crippen molar-refractivity contribution in [1.82, 2.24) is 14.8 Å². The summed E-state index contributed by atoms with van der Waals surface area (Å²) in [7, 11) is 0. The van der Waals surface area contributed by atoms with Gasteiger partial charge in [-0.2, -0.15) is 5.10 Å². The molecule has 6 nitrogen and oxygen atoms in total. The van der Waals surface area contributed by atoms with Crippen molar-refractivity contribution in [2.24, 2.45) is 0 Å². The van der Waals surface area contributed by atoms with E-state index in [-0.39, 0.29) is 5.69 Å². The van der Waals surface area contributed by atoms with Crippen molar-refractivity contribution in [3.63, 3.8) is 0 Å². The van der Waals surface area contributed by atoms with Crippen molar-refractivity contribution >= 4 is 5.69 Å². The SMILES string of the molecule is CCc1cc(CC)n(-c2ccc([N+](=O)[O-])c(C)n2)n1. The van der Waals surface area contributed by atoms with Crippen LogP contribution in [0.2, 0.25) is 0 Å². The quantitative estimate of drug-likeness (QED) is 0.625. The van der Waals surface area contributed by atoms with Gasteiger partial charge >= 0.3 is 0 Å². The summed E-state index contributed by atoms with van der Waals surface area (Å²) >= 11 is 0. The Morgan fingerprint density at radius 3 is 2.58 bits per heavy atom. The van der Waals surface area contributed by atoms with Crippen LogP contribution in [0.4, 0.5) is 5.69 Å². The molecule has 0 spiro atoms. The zero-order chi connectivity index (χ0) is 14.0. The van der Waals surface area contributed by atoms with Crippen molar-refractivity contribution in [3.8, 4) is 5.82 Å². The molecule has 2 aromatic heterocycles. The van der Waals surface area contributed by atoms with Gasteiger partial charge < -0.3 is 0 Å². The number of hydrogen-bond acceptors (Lipinski definition) is 4. The highest BCUT2D eigenvalue weighted by Crippen LogP contribution is 2.19. The lowest BCUT2D eigenvalue weighted by Gasteiger charge is -2.05. The molecule has 0 aliphatic heterocycles. The summed E-state index contributed by atoms with van der Waals surface area (Å²) in [6.07, 6.45) is 1.69. The number of aromatic nitrogens is 3. The van der Waals surface area contributed by atoms with E-state index in [0.29, 0.717) is 11.5 Å². The zero-order valence-corrected chi connectivity index (χ0v) is 11.3. The van der Waals surface area contributed by atoms with E-state index >= 15 is 0 Å². The van der Waals surface area contributed by atoms with Crippen LogP contribution in [0, 0.1) is 17.0 Å². The van der Waals surface area contributed by atoms with E-state index in [1.54, 1.807) is 17.7 Å². The Morgan fingerprint density at radius 2 is 2.05 bits per heavy atom. The van der Waals surface area contributed by atoms with E-state index in [1.807, 2.05) is 19.9 Å². The Labute approximate surface area is 111 Å². The largest absolute Gasteiger partial charge is 0.290 e. The van der Waals surface area contributed by atoms with Crippen LogP contribution in [0.5, 0.6) is 0 Å². The Morgan fingerprint density at radius 1 is 1.32 bits per heavy atom. The lowest BCUT2D eigenvalue weighted by atomic mass is 10.2. The Bertz CT molecular complexity index is 619. The van der Waals surface area contributed by atoms with Gasteiger partial charge in [0.05, 0.1) is 10.6 Å². The molecule has 0 aliphatic carbocycles. The van der Waals surface area contributed by atoms with Gasteiger partial charge in [-0.1, -0.05) is 13.8 Å². The van der Waals surface area contributed by atoms with E-state index in [4.69, 9.17) is 0 Å². The van der Waals surface area contributed by atoms with Gasteiger partial charge in [-0.15, -0.1) is 0 Å². The molecule has 0 unspecified atom stereocenters. The fourth-order valence-corrected chi connectivity index (χ4v) is 1.95. The second-order valence-electron chi connectivity index (χ2n) is 4.28. The predicted molar refractivity (Wildman–Crippen MR) is 71.5 cm³/mol. The van der Waals surface area contributed by atoms with Crippen LogP contribution in [-0.2, 0) is 12.8 Å². The van der Waals surface area contributed by atoms with E-state index in [2.05, 4.69) is 10.1 Å². The Hall–Kier alpha value is -2.24. The second-order valence-corrected chi connectivity index (χ2v) is 4.28. The van der Waals surface area contributed by atoms with Crippen molar-refractivity contribution < 1.29 is 4.92 Å². The van der Waals surface area contributed by atoms with Crippen molar-refractivity contribution in [2.45, 2.75) is 33.6 Å². The molecule has 0 radical (unpaired) electrons. The van der Waals surface area contributed by atoms with Crippen LogP contribution in [0.15, 0.2) is 18.2 Å². The van der Waals surface area contributed by atoms with Crippen molar-refractivity contribution in [1.29, 1.82) is 0 Å². The predicted octanol–water partition coefficient (Wildman–Crippen LogP) is 2.61. The van der Waals surface area contributed by atoms with Gasteiger partial charge in [-0.25, -0.2) is 9.67 Å². The van der Waals surface area contributed by atoms with E-state index in [0.717, 1.165) is 24.2 Å². The summed E-state index contributed by atoms with van der Waals surface area (Å²) in [5.41, 5.74) is 2.48. The minimum absolute atomic E-state index is 0.0321. The molecule has 100 valence electrons. The highest BCUT2D eigenvalue weighted by atomic mass is 16.6. The van der Waals surface area contributed by atoms with Crippen LogP contribution < -0.4 is 0 Å². The lowest BCUT2D eigenvalue weighted by Crippen LogP contribution is -2.06. The third kappa shape index (κ3) is 2.47. The molecule has 2 rings (SSSR count). The van der Waals surface area contributed by atoms with Crippen LogP contribution in [0.25, 0.3) is 5.82 Å². The molecule has 6 heteroatoms. The topological polar surface area (TPSA) is 73.8 Å². The number of hydrogen-bond donors (Lipinski definition) is 0. The highest BCUT2D eigenvalue weighted by Gasteiger charge is 2.14. The minimum Gasteiger partial charge on any atom is -0.258 e. The van der Waals surface area contributed by atoms with E-state index in [9.17, 15) is 10.1 Å². The number of nitro groups is 1. The lowest BCUT2D eigenvalue weighted by molar-refractivity contribution is -0.385. The first-order valence-corrected chi connectivity index (χ1v) is 6.27. The van der Waals surface area contributed by atoms with Gasteiger partial charge in [0.1, 0.15) is 5.69 Å². The summed E-state index contributed by atoms with van der Waals surface area (Å²) in [5.74, 6) is 0.625. The molecule has 0 saturated heterocycles. The molecule has 0 saturated carbocycles. The third-order valence-corrected chi connectivity index (χ3v) is 3.02. The highest BCUT2D eigenvalue weighted by molar-refractivity contribution is 5.40. The number of nitrogens with zero attached hydrogens (tertiary/aromatic N) is 4. The second kappa shape index (κ2) is 5.17. The standard InChI is InChI=1S/C13H16N4O2/c1-4-10-8-11(5-2)16(15-10)13-7-6-12(17(18)19)9(3)14-13/h6-8H,4-5H2,1-3H3. The molecule has 0 N–H and O–H groups in total. The van der Waals surface area contributed by atoms with Crippen LogP contribution in [0.3, 0.4) is 0 Å². The summed E-state index contributed by atoms with van der Waals surface area (Å²) in [4.78, 5) is 14.6. The summed E-state index contributed by atoms with van der Waals surface area (Å²) < 4.78 is 1.76. The normalized spacial score (nSPS) is 10.7. The molecule has 0 atom stereocenters. The van der Waals surface area contributed by atoms with Crippen LogP contribution in [-0.4, -0.2) is 19.7 Å². The molecule has 0 aliphatic rings. The van der Waals surface area contributed by atoms with Gasteiger partial charge in [-0.3, -0.25) is 10.1 Å². The smallest absolute Gasteiger partial charge is 0.258 e. The molecular weight excluding hydrogens is 244 g/mol. The zero-order valence-electron chi connectivity index (χ0n) is 11.3. The first-order valence-electron chi connectivity index (χ1n) is 6.27. The van der Waals surface area contributed by atoms with Gasteiger partial charge in [0.15, 0.2) is 5.82 Å². The van der Waals surface area contributed by atoms with Gasteiger partial charge in [-0.05, 0) is 31.9 Å². The number of pyridine rings is 1. The molecule has 0 bridgehead atoms. The molecule has 2 heterocycles. The van der Waals surface area contributed by atoms with Crippen LogP contribution in [0.1, 0.15) is 30.9 Å². The average Bonchev–Trinajstić information content (AvgIpc) is 2.81. The van der Waals surface area contributed by atoms with E-state index < -0.39 is 4.92 Å². The average molecular weight is 260 g/mol. The maximum atomic E-state index is 10.8. The van der Waals surface area contributed by atoms with E-state index in [1.165, 1.54) is 6.07 Å². The molecule has 0 aromatic carbocycles. The van der Waals surface area contributed by atoms with Crippen molar-refractivity contribution in [3.05, 3.63) is 45.4 Å². The molecule has 0 fully saturated rings. The first-order chi connectivity index (χ1) is 9.06. The molecular formula is C13H16N4O2. The number of aryl methyl sites for hydroxylation is 3. The van der Waals surface area contributed by atoms with Crippen LogP contribution >= 0.6 is 0 Å². The van der Waals surface area contributed by atoms with Gasteiger partial charge in [0.25, 0.3) is 5.69 Å². The van der Waals surface area contributed by atoms with Crippen molar-refractivity contribution in [2.75, 3.05) is 0 Å². The molecule has 2 aromatic rings. The number of rotatable bonds is 4. The molecule has 19 heavy (non-hydrogen) atoms. The van der Waals surface area contributed by atoms with Gasteiger partial charge in [0, 0.05) is 11.8 Å².